The van der Waals surface area contributed by atoms with Crippen LogP contribution in [0.3, 0.4) is 0 Å². The summed E-state index contributed by atoms with van der Waals surface area (Å²) in [6.07, 6.45) is 0. The number of benzene rings is 2. The fraction of sp³-hybridized carbons (Fsp3) is 0.435. The number of rotatable bonds is 4. The predicted octanol–water partition coefficient (Wildman–Crippen LogP) is 5.70. The van der Waals surface area contributed by atoms with Gasteiger partial charge in [-0.1, -0.05) is 64.7 Å². The van der Waals surface area contributed by atoms with E-state index in [1.54, 1.807) is 0 Å². The minimum atomic E-state index is -2.38. The lowest BCUT2D eigenvalue weighted by atomic mass is 9.79. The molecule has 0 amide bonds. The largest absolute Gasteiger partial charge is 0.546 e. The number of carboxylic acid groups (broad SMARTS) is 1. The van der Waals surface area contributed by atoms with Gasteiger partial charge in [0, 0.05) is 5.56 Å². The van der Waals surface area contributed by atoms with Gasteiger partial charge in [0.2, 0.25) is 9.04 Å². The first-order valence-electron chi connectivity index (χ1n) is 10.2. The fourth-order valence-electron chi connectivity index (χ4n) is 4.39. The molecule has 0 aromatic heterocycles. The molecule has 1 unspecified atom stereocenters. The molecule has 0 bridgehead atoms. The first-order valence-corrected chi connectivity index (χ1v) is 16.4. The monoisotopic (exact) mass is 428 g/mol. The van der Waals surface area contributed by atoms with E-state index in [0.717, 1.165) is 16.9 Å². The van der Waals surface area contributed by atoms with Crippen molar-refractivity contribution in [3.05, 3.63) is 53.1 Å². The first kappa shape index (κ1) is 21.6. The predicted molar refractivity (Wildman–Crippen MR) is 123 cm³/mol. The highest BCUT2D eigenvalue weighted by atomic mass is 28.3. The lowest BCUT2D eigenvalue weighted by molar-refractivity contribution is -0.139. The van der Waals surface area contributed by atoms with Gasteiger partial charge in [-0.15, -0.1) is 0 Å². The molecule has 0 saturated heterocycles. The Labute approximate surface area is 176 Å². The molecule has 0 spiro atoms. The van der Waals surface area contributed by atoms with Crippen LogP contribution in [0.1, 0.15) is 37.5 Å². The number of carboxylic acids is 1. The number of hydrogen-bond donors (Lipinski definition) is 1. The van der Waals surface area contributed by atoms with E-state index in [0.29, 0.717) is 17.1 Å². The van der Waals surface area contributed by atoms with Crippen molar-refractivity contribution in [1.82, 2.24) is 0 Å². The summed E-state index contributed by atoms with van der Waals surface area (Å²) in [7, 11) is -3.89. The highest BCUT2D eigenvalue weighted by Crippen LogP contribution is 2.57. The molecule has 0 fully saturated rings. The zero-order chi connectivity index (χ0) is 21.8. The zero-order valence-electron chi connectivity index (χ0n) is 18.7. The maximum absolute atomic E-state index is 13.2. The number of carbonyl (C=O) groups is 1. The van der Waals surface area contributed by atoms with Gasteiger partial charge in [-0.05, 0) is 36.2 Å². The van der Waals surface area contributed by atoms with E-state index in [2.05, 4.69) is 53.5 Å². The molecule has 156 valence electrons. The van der Waals surface area contributed by atoms with Gasteiger partial charge in [0.15, 0.2) is 0 Å². The second-order valence-electron chi connectivity index (χ2n) is 10.1. The van der Waals surface area contributed by atoms with E-state index >= 15 is 0 Å². The topological polar surface area (TPSA) is 55.8 Å². The van der Waals surface area contributed by atoms with E-state index in [-0.39, 0.29) is 5.41 Å². The number of para-hydroxylation sites is 1. The van der Waals surface area contributed by atoms with Crippen molar-refractivity contribution in [3.63, 3.8) is 0 Å². The van der Waals surface area contributed by atoms with Gasteiger partial charge < -0.3 is 14.3 Å². The normalized spacial score (nSPS) is 18.7. The van der Waals surface area contributed by atoms with Crippen molar-refractivity contribution >= 4 is 23.1 Å². The molecule has 3 rings (SSSR count). The second-order valence-corrected chi connectivity index (χ2v) is 17.7. The van der Waals surface area contributed by atoms with Gasteiger partial charge in [-0.25, -0.2) is 0 Å². The van der Waals surface area contributed by atoms with E-state index < -0.39 is 28.1 Å². The van der Waals surface area contributed by atoms with Gasteiger partial charge in [-0.3, -0.25) is 4.79 Å². The third-order valence-corrected chi connectivity index (χ3v) is 9.30. The molecule has 4 nitrogen and oxygen atoms in total. The van der Waals surface area contributed by atoms with Crippen LogP contribution in [-0.4, -0.2) is 28.2 Å². The summed E-state index contributed by atoms with van der Waals surface area (Å²) in [6, 6.07) is 11.5. The van der Waals surface area contributed by atoms with Crippen LogP contribution < -0.4 is 9.16 Å². The summed E-state index contributed by atoms with van der Waals surface area (Å²) >= 11 is 0. The maximum atomic E-state index is 13.2. The lowest BCUT2D eigenvalue weighted by Crippen LogP contribution is -2.57. The average molecular weight is 429 g/mol. The second kappa shape index (κ2) is 7.02. The average Bonchev–Trinajstić information content (AvgIpc) is 2.56. The Kier molecular flexibility index (Phi) is 5.24. The molecule has 1 aliphatic heterocycles. The molecule has 0 aliphatic carbocycles. The minimum Gasteiger partial charge on any atom is -0.546 e. The van der Waals surface area contributed by atoms with E-state index in [1.165, 1.54) is 0 Å². The summed E-state index contributed by atoms with van der Waals surface area (Å²) in [6.45, 7) is 17.0. The third-order valence-electron chi connectivity index (χ3n) is 5.61. The van der Waals surface area contributed by atoms with Crippen LogP contribution >= 0.6 is 0 Å². The highest BCUT2D eigenvalue weighted by Gasteiger charge is 2.59. The van der Waals surface area contributed by atoms with E-state index in [9.17, 15) is 9.90 Å². The van der Waals surface area contributed by atoms with Crippen molar-refractivity contribution in [1.29, 1.82) is 0 Å². The summed E-state index contributed by atoms with van der Waals surface area (Å²) < 4.78 is 12.8. The number of fused-ring (bicyclic) bond motifs is 2. The Balaban J connectivity index is 2.54. The smallest absolute Gasteiger partial charge is 0.316 e. The Bertz CT molecular complexity index is 954. The van der Waals surface area contributed by atoms with Gasteiger partial charge in [0.05, 0.1) is 13.6 Å². The molecule has 1 aliphatic rings. The van der Waals surface area contributed by atoms with Crippen LogP contribution in [0.2, 0.25) is 32.7 Å². The fourth-order valence-corrected chi connectivity index (χ4v) is 7.75. The van der Waals surface area contributed by atoms with Crippen molar-refractivity contribution in [2.45, 2.75) is 64.0 Å². The van der Waals surface area contributed by atoms with Gasteiger partial charge >= 0.3 is 5.97 Å². The van der Waals surface area contributed by atoms with Gasteiger partial charge in [0.1, 0.15) is 22.3 Å². The van der Waals surface area contributed by atoms with Crippen molar-refractivity contribution in [3.8, 4) is 17.2 Å². The molecule has 1 heterocycles. The quantitative estimate of drug-likeness (QED) is 0.635. The third kappa shape index (κ3) is 3.32. The molecule has 6 heteroatoms. The molecular formula is C23H32O4Si2. The summed E-state index contributed by atoms with van der Waals surface area (Å²) in [5.74, 6) is 1.12. The van der Waals surface area contributed by atoms with E-state index in [4.69, 9.17) is 9.16 Å². The minimum absolute atomic E-state index is 0.186. The molecule has 29 heavy (non-hydrogen) atoms. The van der Waals surface area contributed by atoms with Crippen LogP contribution in [0.4, 0.5) is 0 Å². The molecule has 0 saturated carbocycles. The maximum Gasteiger partial charge on any atom is 0.316 e. The Hall–Kier alpha value is -2.06. The number of aliphatic carboxylic acids is 1. The van der Waals surface area contributed by atoms with Gasteiger partial charge in [0.25, 0.3) is 0 Å². The molecule has 2 aromatic rings. The Morgan fingerprint density at radius 1 is 1.07 bits per heavy atom. The van der Waals surface area contributed by atoms with Crippen LogP contribution in [0.5, 0.6) is 17.2 Å². The van der Waals surface area contributed by atoms with Crippen LogP contribution in [0, 0.1) is 0 Å². The number of hydrogen-bond acceptors (Lipinski definition) is 3. The zero-order valence-corrected chi connectivity index (χ0v) is 20.9. The highest BCUT2D eigenvalue weighted by molar-refractivity contribution is 6.83. The molecular weight excluding hydrogens is 396 g/mol. The van der Waals surface area contributed by atoms with Crippen molar-refractivity contribution in [2.75, 3.05) is 0 Å². The molecule has 1 atom stereocenters. The summed E-state index contributed by atoms with van der Waals surface area (Å²) in [4.78, 5) is 13.2. The van der Waals surface area contributed by atoms with Gasteiger partial charge in [-0.2, -0.15) is 0 Å². The SMILES string of the molecule is C[SiH](C)Oc1c(C(C)(C)C)ccc2c1C(C(=O)O)([Si](C)(C)C)c1ccccc1O2. The van der Waals surface area contributed by atoms with Crippen LogP contribution in [0.25, 0.3) is 0 Å². The molecule has 0 radical (unpaired) electrons. The Morgan fingerprint density at radius 3 is 2.21 bits per heavy atom. The number of ether oxygens (including phenoxy) is 1. The van der Waals surface area contributed by atoms with Crippen molar-refractivity contribution in [2.24, 2.45) is 0 Å². The van der Waals surface area contributed by atoms with E-state index in [1.807, 2.05) is 36.4 Å². The van der Waals surface area contributed by atoms with Crippen LogP contribution in [0.15, 0.2) is 36.4 Å². The first-order chi connectivity index (χ1) is 13.3. The summed E-state index contributed by atoms with van der Waals surface area (Å²) in [5.41, 5.74) is 2.29. The summed E-state index contributed by atoms with van der Waals surface area (Å²) in [5, 5.41) is 9.65. The lowest BCUT2D eigenvalue weighted by Gasteiger charge is -2.46. The Morgan fingerprint density at radius 2 is 1.69 bits per heavy atom. The van der Waals surface area contributed by atoms with Crippen LogP contribution in [-0.2, 0) is 15.2 Å². The van der Waals surface area contributed by atoms with Crippen molar-refractivity contribution < 1.29 is 19.1 Å². The molecule has 2 aromatic carbocycles. The molecule has 1 N–H and O–H groups in total. The standard InChI is InChI=1S/C23H32O4Si2/c1-22(2,3)16-13-14-18-19(20(16)27-28(4)5)23(21(24)25,29(6,7)8)15-11-9-10-12-17(15)26-18/h9-14,28H,1-8H3,(H,24,25).